The van der Waals surface area contributed by atoms with Crippen molar-refractivity contribution in [3.8, 4) is 0 Å². The SMILES string of the molecule is O=C1CCCc2cc(C(=O)N[C@H](C(=O)N3C[C@H](Cl)[C@H]4OCC(=O)[C@H]43)C3CCCC3)ccc2N1.S.S.S.S. The van der Waals surface area contributed by atoms with E-state index in [0.717, 1.165) is 43.4 Å². The number of hydrogen-bond donors (Lipinski definition) is 2. The zero-order valence-electron chi connectivity index (χ0n) is 20.3. The first-order chi connectivity index (χ1) is 15.9. The molecule has 1 aromatic carbocycles. The zero-order chi connectivity index (χ0) is 23.1. The highest BCUT2D eigenvalue weighted by molar-refractivity contribution is 7.59. The molecule has 13 heteroatoms. The van der Waals surface area contributed by atoms with E-state index in [1.54, 1.807) is 18.2 Å². The van der Waals surface area contributed by atoms with Crippen LogP contribution in [0.25, 0.3) is 0 Å². The number of hydrogen-bond acceptors (Lipinski definition) is 5. The van der Waals surface area contributed by atoms with Crippen molar-refractivity contribution in [2.45, 2.75) is 68.5 Å². The topological polar surface area (TPSA) is 105 Å². The number of aryl methyl sites for hydroxylation is 1. The number of carbonyl (C=O) groups excluding carboxylic acids is 4. The van der Waals surface area contributed by atoms with E-state index in [9.17, 15) is 19.2 Å². The summed E-state index contributed by atoms with van der Waals surface area (Å²) in [6, 6.07) is 3.83. The van der Waals surface area contributed by atoms with Crippen molar-refractivity contribution >= 4 is 94.8 Å². The van der Waals surface area contributed by atoms with E-state index in [-0.39, 0.29) is 96.6 Å². The summed E-state index contributed by atoms with van der Waals surface area (Å²) in [7, 11) is 0. The number of benzene rings is 1. The fourth-order valence-corrected chi connectivity index (χ4v) is 5.97. The molecule has 1 aliphatic carbocycles. The number of carbonyl (C=O) groups is 4. The smallest absolute Gasteiger partial charge is 0.251 e. The van der Waals surface area contributed by atoms with Crippen LogP contribution in [0.5, 0.6) is 0 Å². The minimum atomic E-state index is -0.713. The number of likely N-dealkylation sites (tertiary alicyclic amines) is 1. The van der Waals surface area contributed by atoms with E-state index in [1.165, 1.54) is 4.90 Å². The molecule has 37 heavy (non-hydrogen) atoms. The number of halogens is 1. The fraction of sp³-hybridized carbons (Fsp3) is 0.583. The number of nitrogens with zero attached hydrogens (tertiary/aromatic N) is 1. The first kappa shape index (κ1) is 34.0. The lowest BCUT2D eigenvalue weighted by molar-refractivity contribution is -0.139. The largest absolute Gasteiger partial charge is 0.366 e. The Morgan fingerprint density at radius 3 is 2.46 bits per heavy atom. The Labute approximate surface area is 250 Å². The van der Waals surface area contributed by atoms with Gasteiger partial charge >= 0.3 is 0 Å². The van der Waals surface area contributed by atoms with Crippen molar-refractivity contribution in [2.24, 2.45) is 5.92 Å². The second kappa shape index (κ2) is 14.4. The molecule has 0 unspecified atom stereocenters. The first-order valence-electron chi connectivity index (χ1n) is 11.7. The fourth-order valence-electron chi connectivity index (χ4n) is 5.61. The van der Waals surface area contributed by atoms with Crippen molar-refractivity contribution in [1.29, 1.82) is 0 Å². The highest BCUT2D eigenvalue weighted by Crippen LogP contribution is 2.34. The quantitative estimate of drug-likeness (QED) is 0.511. The van der Waals surface area contributed by atoms with Crippen LogP contribution in [-0.2, 0) is 25.5 Å². The Kier molecular flexibility index (Phi) is 13.2. The van der Waals surface area contributed by atoms with Crippen LogP contribution < -0.4 is 10.6 Å². The minimum absolute atomic E-state index is 0. The molecule has 5 rings (SSSR count). The number of anilines is 1. The average molecular weight is 610 g/mol. The van der Waals surface area contributed by atoms with Crippen molar-refractivity contribution in [1.82, 2.24) is 10.2 Å². The van der Waals surface area contributed by atoms with Crippen molar-refractivity contribution < 1.29 is 23.9 Å². The van der Waals surface area contributed by atoms with Gasteiger partial charge in [-0.05, 0) is 55.4 Å². The van der Waals surface area contributed by atoms with E-state index in [2.05, 4.69) is 10.6 Å². The summed E-state index contributed by atoms with van der Waals surface area (Å²) < 4.78 is 5.52. The number of Topliss-reactive ketones (excluding diaryl/α,β-unsaturated/α-hetero) is 1. The molecule has 3 aliphatic heterocycles. The molecule has 3 amide bonds. The van der Waals surface area contributed by atoms with Gasteiger partial charge in [0.2, 0.25) is 11.8 Å². The van der Waals surface area contributed by atoms with Gasteiger partial charge in [0, 0.05) is 24.2 Å². The highest BCUT2D eigenvalue weighted by atomic mass is 35.5. The predicted molar refractivity (Wildman–Crippen MR) is 163 cm³/mol. The summed E-state index contributed by atoms with van der Waals surface area (Å²) in [6.07, 6.45) is 5.12. The van der Waals surface area contributed by atoms with Crippen LogP contribution in [0.4, 0.5) is 5.69 Å². The van der Waals surface area contributed by atoms with Gasteiger partial charge in [0.15, 0.2) is 5.78 Å². The molecule has 0 radical (unpaired) electrons. The molecule has 0 spiro atoms. The van der Waals surface area contributed by atoms with Crippen LogP contribution in [0.3, 0.4) is 0 Å². The minimum Gasteiger partial charge on any atom is -0.366 e. The van der Waals surface area contributed by atoms with Gasteiger partial charge in [0.1, 0.15) is 24.8 Å². The lowest BCUT2D eigenvalue weighted by Crippen LogP contribution is -2.54. The molecule has 1 aromatic rings. The molecule has 2 saturated heterocycles. The van der Waals surface area contributed by atoms with E-state index >= 15 is 0 Å². The molecule has 4 atom stereocenters. The van der Waals surface area contributed by atoms with Gasteiger partial charge in [-0.15, -0.1) is 11.6 Å². The molecule has 1 saturated carbocycles. The third kappa shape index (κ3) is 6.94. The van der Waals surface area contributed by atoms with Gasteiger partial charge in [0.05, 0.1) is 5.38 Å². The Bertz CT molecular complexity index is 1010. The van der Waals surface area contributed by atoms with Crippen molar-refractivity contribution in [2.75, 3.05) is 18.5 Å². The second-order valence-corrected chi connectivity index (χ2v) is 10.0. The number of fused-ring (bicyclic) bond motifs is 2. The van der Waals surface area contributed by atoms with Crippen LogP contribution in [0.15, 0.2) is 18.2 Å². The second-order valence-electron chi connectivity index (χ2n) is 9.46. The van der Waals surface area contributed by atoms with E-state index < -0.39 is 23.6 Å². The van der Waals surface area contributed by atoms with Gasteiger partial charge in [-0.1, -0.05) is 12.8 Å². The molecule has 208 valence electrons. The monoisotopic (exact) mass is 609 g/mol. The van der Waals surface area contributed by atoms with Gasteiger partial charge in [-0.2, -0.15) is 54.0 Å². The normalized spacial score (nSPS) is 25.1. The van der Waals surface area contributed by atoms with Crippen LogP contribution in [0, 0.1) is 5.92 Å². The number of rotatable bonds is 4. The summed E-state index contributed by atoms with van der Waals surface area (Å²) in [4.78, 5) is 52.6. The third-order valence-corrected chi connectivity index (χ3v) is 7.71. The van der Waals surface area contributed by atoms with Gasteiger partial charge < -0.3 is 20.3 Å². The molecule has 0 bridgehead atoms. The zero-order valence-corrected chi connectivity index (χ0v) is 25.1. The molecule has 8 nitrogen and oxygen atoms in total. The Balaban J connectivity index is 0.00000171. The van der Waals surface area contributed by atoms with Crippen LogP contribution in [-0.4, -0.2) is 65.1 Å². The van der Waals surface area contributed by atoms with Gasteiger partial charge in [0.25, 0.3) is 5.91 Å². The van der Waals surface area contributed by atoms with E-state index in [0.29, 0.717) is 18.4 Å². The molecule has 2 N–H and O–H groups in total. The number of alkyl halides is 1. The van der Waals surface area contributed by atoms with Gasteiger partial charge in [-0.3, -0.25) is 19.2 Å². The number of amides is 3. The third-order valence-electron chi connectivity index (χ3n) is 7.32. The standard InChI is InChI=1S/C24H28ClN3O5.4H2S/c25-16-11-28(21-18(29)12-33-22(16)21)24(32)20(13-4-1-2-5-13)27-23(31)15-8-9-17-14(10-15)6-3-7-19(30)26-17;;;;/h8-10,13,16,20-22H,1-7,11-12H2,(H,26,30)(H,27,31);4*1H2/t16-,20-,21+,22+;;;;/m0..../s1. The van der Waals surface area contributed by atoms with Crippen LogP contribution >= 0.6 is 65.6 Å². The molecule has 3 heterocycles. The van der Waals surface area contributed by atoms with E-state index in [1.807, 2.05) is 0 Å². The Morgan fingerprint density at radius 2 is 1.76 bits per heavy atom. The van der Waals surface area contributed by atoms with Crippen LogP contribution in [0.1, 0.15) is 54.4 Å². The molecule has 4 aliphatic rings. The highest BCUT2D eigenvalue weighted by Gasteiger charge is 2.53. The maximum atomic E-state index is 13.6. The lowest BCUT2D eigenvalue weighted by atomic mass is 9.95. The number of nitrogens with one attached hydrogen (secondary N) is 2. The van der Waals surface area contributed by atoms with Crippen LogP contribution in [0.2, 0.25) is 0 Å². The maximum absolute atomic E-state index is 13.6. The summed E-state index contributed by atoms with van der Waals surface area (Å²) >= 11 is 6.39. The molecule has 0 aromatic heterocycles. The van der Waals surface area contributed by atoms with Crippen molar-refractivity contribution in [3.63, 3.8) is 0 Å². The first-order valence-corrected chi connectivity index (χ1v) is 12.2. The summed E-state index contributed by atoms with van der Waals surface area (Å²) in [5, 5.41) is 5.41. The molecular formula is C24H36ClN3O5S4. The number of ether oxygens (including phenoxy) is 1. The van der Waals surface area contributed by atoms with E-state index in [4.69, 9.17) is 16.3 Å². The summed E-state index contributed by atoms with van der Waals surface area (Å²) in [6.45, 7) is 0.202. The van der Waals surface area contributed by atoms with Gasteiger partial charge in [-0.25, -0.2) is 0 Å². The van der Waals surface area contributed by atoms with Crippen molar-refractivity contribution in [3.05, 3.63) is 29.3 Å². The molecular weight excluding hydrogens is 574 g/mol. The Morgan fingerprint density at radius 1 is 1.05 bits per heavy atom. The Hall–Kier alpha value is -1.05. The number of ketones is 1. The predicted octanol–water partition coefficient (Wildman–Crippen LogP) is 2.49. The maximum Gasteiger partial charge on any atom is 0.251 e. The average Bonchev–Trinajstić information content (AvgIpc) is 3.50. The lowest BCUT2D eigenvalue weighted by Gasteiger charge is -2.30. The summed E-state index contributed by atoms with van der Waals surface area (Å²) in [5.41, 5.74) is 2.10. The molecule has 3 fully saturated rings. The summed E-state index contributed by atoms with van der Waals surface area (Å²) in [5.74, 6) is -0.725.